The first kappa shape index (κ1) is 23.1. The summed E-state index contributed by atoms with van der Waals surface area (Å²) in [5.74, 6) is -1.91. The topological polar surface area (TPSA) is 122 Å². The number of nitrogens with zero attached hydrogens (tertiary/aromatic N) is 1. The van der Waals surface area contributed by atoms with E-state index in [1.54, 1.807) is 26.0 Å². The van der Waals surface area contributed by atoms with Crippen LogP contribution in [0.15, 0.2) is 24.3 Å². The first-order chi connectivity index (χ1) is 14.2. The number of carbonyl (C=O) groups is 5. The summed E-state index contributed by atoms with van der Waals surface area (Å²) in [4.78, 5) is 61.0. The highest BCUT2D eigenvalue weighted by atomic mass is 16.5. The third kappa shape index (κ3) is 5.65. The minimum absolute atomic E-state index is 0.144. The van der Waals surface area contributed by atoms with E-state index in [1.807, 2.05) is 6.92 Å². The first-order valence-electron chi connectivity index (χ1n) is 9.93. The van der Waals surface area contributed by atoms with E-state index >= 15 is 0 Å². The number of urea groups is 1. The van der Waals surface area contributed by atoms with Crippen molar-refractivity contribution in [2.24, 2.45) is 0 Å². The summed E-state index contributed by atoms with van der Waals surface area (Å²) in [5, 5.41) is 5.28. The third-order valence-corrected chi connectivity index (χ3v) is 4.84. The monoisotopic (exact) mass is 417 g/mol. The maximum Gasteiger partial charge on any atom is 0.326 e. The normalized spacial score (nSPS) is 18.2. The number of carbonyl (C=O) groups excluding carboxylic acids is 5. The number of Topliss-reactive ketones (excluding diaryl/α,β-unsaturated/α-hetero) is 1. The molecule has 9 nitrogen and oxygen atoms in total. The molecule has 1 saturated heterocycles. The highest BCUT2D eigenvalue weighted by Gasteiger charge is 2.47. The van der Waals surface area contributed by atoms with E-state index in [1.165, 1.54) is 12.1 Å². The van der Waals surface area contributed by atoms with Gasteiger partial charge in [0, 0.05) is 17.7 Å². The van der Waals surface area contributed by atoms with Crippen molar-refractivity contribution >= 4 is 35.3 Å². The lowest BCUT2D eigenvalue weighted by molar-refractivity contribution is -0.146. The molecule has 2 N–H and O–H groups in total. The van der Waals surface area contributed by atoms with Gasteiger partial charge in [-0.1, -0.05) is 26.7 Å². The second-order valence-electron chi connectivity index (χ2n) is 7.32. The van der Waals surface area contributed by atoms with E-state index in [4.69, 9.17) is 4.74 Å². The molecule has 0 radical (unpaired) electrons. The number of nitrogens with one attached hydrogen (secondary N) is 2. The van der Waals surface area contributed by atoms with Crippen LogP contribution in [0.4, 0.5) is 10.5 Å². The third-order valence-electron chi connectivity index (χ3n) is 4.84. The lowest BCUT2D eigenvalue weighted by Crippen LogP contribution is -2.44. The van der Waals surface area contributed by atoms with Gasteiger partial charge in [0.15, 0.2) is 12.4 Å². The number of unbranched alkanes of at least 4 members (excludes halogenated alkanes) is 1. The fourth-order valence-corrected chi connectivity index (χ4v) is 2.98. The number of ether oxygens (including phenoxy) is 1. The maximum absolute atomic E-state index is 12.5. The quantitative estimate of drug-likeness (QED) is 0.342. The summed E-state index contributed by atoms with van der Waals surface area (Å²) in [6.07, 6.45) is 2.45. The molecule has 0 bridgehead atoms. The summed E-state index contributed by atoms with van der Waals surface area (Å²) in [7, 11) is 0. The minimum atomic E-state index is -1.03. The maximum atomic E-state index is 12.5. The van der Waals surface area contributed by atoms with Crippen molar-refractivity contribution in [3.8, 4) is 0 Å². The summed E-state index contributed by atoms with van der Waals surface area (Å²) in [6.45, 7) is 4.26. The Morgan fingerprint density at radius 3 is 2.40 bits per heavy atom. The summed E-state index contributed by atoms with van der Waals surface area (Å²) >= 11 is 0. The van der Waals surface area contributed by atoms with Crippen LogP contribution in [0.1, 0.15) is 56.8 Å². The molecule has 9 heteroatoms. The number of benzene rings is 1. The van der Waals surface area contributed by atoms with Gasteiger partial charge in [-0.05, 0) is 37.6 Å². The molecule has 0 unspecified atom stereocenters. The Kier molecular flexibility index (Phi) is 7.68. The van der Waals surface area contributed by atoms with E-state index in [0.29, 0.717) is 24.1 Å². The molecule has 1 atom stereocenters. The van der Waals surface area contributed by atoms with Crippen molar-refractivity contribution in [2.75, 3.05) is 18.5 Å². The van der Waals surface area contributed by atoms with E-state index in [2.05, 4.69) is 10.6 Å². The van der Waals surface area contributed by atoms with E-state index in [-0.39, 0.29) is 5.91 Å². The van der Waals surface area contributed by atoms with Crippen molar-refractivity contribution in [3.63, 3.8) is 0 Å². The van der Waals surface area contributed by atoms with Crippen molar-refractivity contribution in [3.05, 3.63) is 29.8 Å². The van der Waals surface area contributed by atoms with Gasteiger partial charge in [-0.25, -0.2) is 4.79 Å². The van der Waals surface area contributed by atoms with Crippen LogP contribution in [0.3, 0.4) is 0 Å². The molecule has 1 aromatic rings. The number of hydrogen-bond donors (Lipinski definition) is 2. The van der Waals surface area contributed by atoms with Gasteiger partial charge in [-0.3, -0.25) is 24.1 Å². The number of hydrogen-bond acceptors (Lipinski definition) is 6. The molecule has 1 aliphatic heterocycles. The highest BCUT2D eigenvalue weighted by Crippen LogP contribution is 2.23. The van der Waals surface area contributed by atoms with Crippen LogP contribution in [-0.2, 0) is 19.1 Å². The Labute approximate surface area is 175 Å². The predicted molar refractivity (Wildman–Crippen MR) is 109 cm³/mol. The Hall–Kier alpha value is -3.23. The molecule has 1 aromatic carbocycles. The Bertz CT molecular complexity index is 836. The molecule has 0 aromatic heterocycles. The second kappa shape index (κ2) is 10.00. The molecule has 1 aliphatic rings. The molecule has 0 saturated carbocycles. The SMILES string of the molecule is CCCC[C@@]1(C)NC(=O)N(CC(=O)OCC(=O)c2ccc(NC(=O)CC)cc2)C1=O. The lowest BCUT2D eigenvalue weighted by atomic mass is 9.95. The van der Waals surface area contributed by atoms with Gasteiger partial charge in [0.1, 0.15) is 12.1 Å². The molecule has 1 fully saturated rings. The van der Waals surface area contributed by atoms with Crippen molar-refractivity contribution in [1.29, 1.82) is 0 Å². The summed E-state index contributed by atoms with van der Waals surface area (Å²) in [5.41, 5.74) is -0.169. The van der Waals surface area contributed by atoms with E-state index in [9.17, 15) is 24.0 Å². The zero-order chi connectivity index (χ0) is 22.3. The standard InChI is InChI=1S/C21H27N3O6/c1-4-6-11-21(3)19(28)24(20(29)23-21)12-18(27)30-13-16(25)14-7-9-15(10-8-14)22-17(26)5-2/h7-10H,4-6,11-13H2,1-3H3,(H,22,26)(H,23,29)/t21-/m1/s1. The molecular formula is C21H27N3O6. The molecule has 0 aliphatic carbocycles. The van der Waals surface area contributed by atoms with Gasteiger partial charge in [0.25, 0.3) is 5.91 Å². The molecule has 0 spiro atoms. The highest BCUT2D eigenvalue weighted by molar-refractivity contribution is 6.08. The largest absolute Gasteiger partial charge is 0.456 e. The Balaban J connectivity index is 1.87. The van der Waals surface area contributed by atoms with Crippen LogP contribution >= 0.6 is 0 Å². The minimum Gasteiger partial charge on any atom is -0.456 e. The van der Waals surface area contributed by atoms with Gasteiger partial charge in [-0.2, -0.15) is 0 Å². The number of ketones is 1. The Morgan fingerprint density at radius 2 is 1.80 bits per heavy atom. The molecular weight excluding hydrogens is 390 g/mol. The number of anilines is 1. The Morgan fingerprint density at radius 1 is 1.13 bits per heavy atom. The van der Waals surface area contributed by atoms with E-state index in [0.717, 1.165) is 17.7 Å². The molecule has 162 valence electrons. The molecule has 2 rings (SSSR count). The zero-order valence-electron chi connectivity index (χ0n) is 17.4. The zero-order valence-corrected chi connectivity index (χ0v) is 17.4. The molecule has 4 amide bonds. The van der Waals surface area contributed by atoms with Crippen LogP contribution in [0, 0.1) is 0 Å². The van der Waals surface area contributed by atoms with Crippen LogP contribution in [0.5, 0.6) is 0 Å². The van der Waals surface area contributed by atoms with Crippen molar-refractivity contribution in [2.45, 2.75) is 52.0 Å². The van der Waals surface area contributed by atoms with Crippen LogP contribution in [0.2, 0.25) is 0 Å². The van der Waals surface area contributed by atoms with Gasteiger partial charge >= 0.3 is 12.0 Å². The van der Waals surface area contributed by atoms with Gasteiger partial charge in [0.05, 0.1) is 0 Å². The van der Waals surface area contributed by atoms with Gasteiger partial charge < -0.3 is 15.4 Å². The van der Waals surface area contributed by atoms with Crippen LogP contribution in [-0.4, -0.2) is 53.2 Å². The lowest BCUT2D eigenvalue weighted by Gasteiger charge is -2.21. The average Bonchev–Trinajstić information content (AvgIpc) is 2.94. The number of amides is 4. The van der Waals surface area contributed by atoms with Crippen LogP contribution in [0.25, 0.3) is 0 Å². The number of esters is 1. The number of rotatable bonds is 10. The molecule has 1 heterocycles. The van der Waals surface area contributed by atoms with Crippen molar-refractivity contribution in [1.82, 2.24) is 10.2 Å². The van der Waals surface area contributed by atoms with Gasteiger partial charge in [0.2, 0.25) is 5.91 Å². The fraction of sp³-hybridized carbons (Fsp3) is 0.476. The summed E-state index contributed by atoms with van der Waals surface area (Å²) < 4.78 is 4.95. The van der Waals surface area contributed by atoms with E-state index < -0.39 is 42.4 Å². The summed E-state index contributed by atoms with van der Waals surface area (Å²) in [6, 6.07) is 5.53. The van der Waals surface area contributed by atoms with Crippen LogP contribution < -0.4 is 10.6 Å². The average molecular weight is 417 g/mol. The first-order valence-corrected chi connectivity index (χ1v) is 9.93. The second-order valence-corrected chi connectivity index (χ2v) is 7.32. The van der Waals surface area contributed by atoms with Crippen molar-refractivity contribution < 1.29 is 28.7 Å². The molecule has 30 heavy (non-hydrogen) atoms. The smallest absolute Gasteiger partial charge is 0.326 e. The van der Waals surface area contributed by atoms with Gasteiger partial charge in [-0.15, -0.1) is 0 Å². The fourth-order valence-electron chi connectivity index (χ4n) is 2.98. The number of imide groups is 1. The predicted octanol–water partition coefficient (Wildman–Crippen LogP) is 2.26.